The molecule has 1 atom stereocenters. The Balaban J connectivity index is 1.83. The van der Waals surface area contributed by atoms with E-state index in [1.54, 1.807) is 0 Å². The first-order valence-corrected chi connectivity index (χ1v) is 11.4. The van der Waals surface area contributed by atoms with Crippen molar-refractivity contribution < 1.29 is 0 Å². The maximum atomic E-state index is 2.47. The highest BCUT2D eigenvalue weighted by Crippen LogP contribution is 2.58. The van der Waals surface area contributed by atoms with Crippen molar-refractivity contribution in [3.8, 4) is 11.1 Å². The number of hydrogen-bond acceptors (Lipinski definition) is 0. The molecule has 0 bridgehead atoms. The predicted octanol–water partition coefficient (Wildman–Crippen LogP) is 7.66. The van der Waals surface area contributed by atoms with Gasteiger partial charge >= 0.3 is 0 Å². The topological polar surface area (TPSA) is 0 Å². The Kier molecular flexibility index (Phi) is 4.05. The highest BCUT2D eigenvalue weighted by atomic mass is 14.5. The number of fused-ring (bicyclic) bond motifs is 9. The first-order chi connectivity index (χ1) is 15.3. The molecule has 4 aromatic rings. The zero-order valence-corrected chi connectivity index (χ0v) is 18.2. The summed E-state index contributed by atoms with van der Waals surface area (Å²) >= 11 is 0. The second-order valence-electron chi connectivity index (χ2n) is 8.72. The van der Waals surface area contributed by atoms with E-state index >= 15 is 0 Å². The van der Waals surface area contributed by atoms with Gasteiger partial charge in [-0.3, -0.25) is 0 Å². The molecule has 0 nitrogen and oxygen atoms in total. The Morgan fingerprint density at radius 3 is 1.97 bits per heavy atom. The van der Waals surface area contributed by atoms with Gasteiger partial charge in [-0.05, 0) is 68.5 Å². The second kappa shape index (κ2) is 6.82. The van der Waals surface area contributed by atoms with Crippen LogP contribution in [0.3, 0.4) is 0 Å². The van der Waals surface area contributed by atoms with Crippen LogP contribution in [0, 0.1) is 0 Å². The van der Waals surface area contributed by atoms with Crippen molar-refractivity contribution in [1.82, 2.24) is 0 Å². The van der Waals surface area contributed by atoms with Gasteiger partial charge in [-0.15, -0.1) is 0 Å². The van der Waals surface area contributed by atoms with E-state index in [0.717, 1.165) is 12.8 Å². The lowest BCUT2D eigenvalue weighted by Gasteiger charge is -2.35. The number of aryl methyl sites for hydroxylation is 2. The highest BCUT2D eigenvalue weighted by Gasteiger charge is 2.48. The summed E-state index contributed by atoms with van der Waals surface area (Å²) in [5.41, 5.74) is 13.5. The fraction of sp³-hybridized carbons (Fsp3) is 0.161. The van der Waals surface area contributed by atoms with Crippen LogP contribution in [-0.4, -0.2) is 0 Å². The van der Waals surface area contributed by atoms with Gasteiger partial charge in [0.1, 0.15) is 0 Å². The van der Waals surface area contributed by atoms with Gasteiger partial charge in [-0.2, -0.15) is 0 Å². The average Bonchev–Trinajstić information content (AvgIpc) is 3.03. The SMILES string of the molecule is CCc1ccc2c(c1)C=Cc1ccccc1C21c2ccccc2-c2ccc(CC)cc21. The van der Waals surface area contributed by atoms with E-state index in [0.29, 0.717) is 0 Å². The molecule has 1 spiro atoms. The van der Waals surface area contributed by atoms with Crippen LogP contribution in [0.4, 0.5) is 0 Å². The van der Waals surface area contributed by atoms with Crippen molar-refractivity contribution in [2.24, 2.45) is 0 Å². The largest absolute Gasteiger partial charge is 0.0725 e. The summed E-state index contributed by atoms with van der Waals surface area (Å²) in [6.07, 6.45) is 6.73. The van der Waals surface area contributed by atoms with Crippen LogP contribution in [0.2, 0.25) is 0 Å². The van der Waals surface area contributed by atoms with Crippen LogP contribution in [0.25, 0.3) is 23.3 Å². The highest BCUT2D eigenvalue weighted by molar-refractivity contribution is 5.91. The minimum absolute atomic E-state index is 0.293. The minimum atomic E-state index is -0.293. The smallest absolute Gasteiger partial charge is 0.0619 e. The van der Waals surface area contributed by atoms with Crippen molar-refractivity contribution in [1.29, 1.82) is 0 Å². The van der Waals surface area contributed by atoms with Crippen LogP contribution in [0.5, 0.6) is 0 Å². The van der Waals surface area contributed by atoms with E-state index in [1.807, 2.05) is 0 Å². The molecule has 0 saturated heterocycles. The van der Waals surface area contributed by atoms with Crippen molar-refractivity contribution in [3.63, 3.8) is 0 Å². The Morgan fingerprint density at radius 1 is 0.516 bits per heavy atom. The van der Waals surface area contributed by atoms with E-state index in [-0.39, 0.29) is 5.41 Å². The van der Waals surface area contributed by atoms with Gasteiger partial charge in [-0.1, -0.05) is 111 Å². The third-order valence-electron chi connectivity index (χ3n) is 7.25. The summed E-state index contributed by atoms with van der Waals surface area (Å²) in [7, 11) is 0. The van der Waals surface area contributed by atoms with Crippen molar-refractivity contribution >= 4 is 12.2 Å². The first kappa shape index (κ1) is 18.4. The predicted molar refractivity (Wildman–Crippen MR) is 131 cm³/mol. The summed E-state index contributed by atoms with van der Waals surface area (Å²) in [6, 6.07) is 32.2. The van der Waals surface area contributed by atoms with E-state index in [1.165, 1.54) is 55.6 Å². The van der Waals surface area contributed by atoms with Gasteiger partial charge in [0.05, 0.1) is 5.41 Å². The van der Waals surface area contributed by atoms with Gasteiger partial charge in [-0.25, -0.2) is 0 Å². The van der Waals surface area contributed by atoms with Crippen LogP contribution in [0.1, 0.15) is 58.4 Å². The van der Waals surface area contributed by atoms with Crippen molar-refractivity contribution in [2.75, 3.05) is 0 Å². The molecule has 0 amide bonds. The minimum Gasteiger partial charge on any atom is -0.0619 e. The summed E-state index contributed by atoms with van der Waals surface area (Å²) < 4.78 is 0. The fourth-order valence-electron chi connectivity index (χ4n) is 5.75. The summed E-state index contributed by atoms with van der Waals surface area (Å²) in [4.78, 5) is 0. The Bertz CT molecular complexity index is 1350. The maximum Gasteiger partial charge on any atom is 0.0725 e. The average molecular weight is 399 g/mol. The van der Waals surface area contributed by atoms with Gasteiger partial charge < -0.3 is 0 Å². The molecule has 0 saturated carbocycles. The molecule has 1 unspecified atom stereocenters. The van der Waals surface area contributed by atoms with E-state index in [2.05, 4.69) is 111 Å². The molecule has 6 rings (SSSR count). The van der Waals surface area contributed by atoms with Gasteiger partial charge in [0.25, 0.3) is 0 Å². The van der Waals surface area contributed by atoms with Crippen LogP contribution in [0.15, 0.2) is 84.9 Å². The molecule has 0 heteroatoms. The molecule has 0 heterocycles. The van der Waals surface area contributed by atoms with E-state index < -0.39 is 0 Å². The van der Waals surface area contributed by atoms with E-state index in [4.69, 9.17) is 0 Å². The van der Waals surface area contributed by atoms with Crippen LogP contribution in [-0.2, 0) is 18.3 Å². The normalized spacial score (nSPS) is 17.6. The molecule has 0 aliphatic heterocycles. The second-order valence-corrected chi connectivity index (χ2v) is 8.72. The van der Waals surface area contributed by atoms with Gasteiger partial charge in [0, 0.05) is 0 Å². The monoisotopic (exact) mass is 398 g/mol. The molecule has 150 valence electrons. The number of benzene rings is 4. The third-order valence-corrected chi connectivity index (χ3v) is 7.25. The molecule has 2 aliphatic rings. The third kappa shape index (κ3) is 2.42. The molecular formula is C31H26. The lowest BCUT2D eigenvalue weighted by atomic mass is 9.65. The lowest BCUT2D eigenvalue weighted by molar-refractivity contribution is 0.763. The Morgan fingerprint density at radius 2 is 1.13 bits per heavy atom. The standard InChI is InChI=1S/C31H26/c1-3-21-14-18-28-24(19-21)16-15-23-9-5-7-11-27(23)31(28)29-12-8-6-10-25(29)26-17-13-22(4-2)20-30(26)31/h5-20H,3-4H2,1-2H3. The number of hydrogen-bond donors (Lipinski definition) is 0. The molecular weight excluding hydrogens is 372 g/mol. The Hall–Kier alpha value is -3.38. The molecule has 0 radical (unpaired) electrons. The van der Waals surface area contributed by atoms with Crippen molar-refractivity contribution in [3.05, 3.63) is 129 Å². The molecule has 31 heavy (non-hydrogen) atoms. The number of rotatable bonds is 2. The fourth-order valence-corrected chi connectivity index (χ4v) is 5.75. The van der Waals surface area contributed by atoms with Gasteiger partial charge in [0.15, 0.2) is 0 Å². The zero-order valence-electron chi connectivity index (χ0n) is 18.2. The summed E-state index contributed by atoms with van der Waals surface area (Å²) in [6.45, 7) is 4.49. The van der Waals surface area contributed by atoms with Crippen LogP contribution < -0.4 is 0 Å². The maximum absolute atomic E-state index is 2.47. The molecule has 0 fully saturated rings. The summed E-state index contributed by atoms with van der Waals surface area (Å²) in [5, 5.41) is 0. The van der Waals surface area contributed by atoms with Crippen molar-refractivity contribution in [2.45, 2.75) is 32.1 Å². The zero-order chi connectivity index (χ0) is 21.0. The van der Waals surface area contributed by atoms with Crippen LogP contribution >= 0.6 is 0 Å². The lowest BCUT2D eigenvalue weighted by Crippen LogP contribution is -2.30. The Labute approximate surface area is 184 Å². The molecule has 0 N–H and O–H groups in total. The van der Waals surface area contributed by atoms with E-state index in [9.17, 15) is 0 Å². The molecule has 4 aromatic carbocycles. The molecule has 2 aliphatic carbocycles. The molecule has 0 aromatic heterocycles. The van der Waals surface area contributed by atoms with Gasteiger partial charge in [0.2, 0.25) is 0 Å². The quantitative estimate of drug-likeness (QED) is 0.281. The first-order valence-electron chi connectivity index (χ1n) is 11.4. The summed E-state index contributed by atoms with van der Waals surface area (Å²) in [5.74, 6) is 0.